The molecule has 2 rings (SSSR count). The molecule has 0 saturated carbocycles. The minimum absolute atomic E-state index is 0.0325. The first-order valence-electron chi connectivity index (χ1n) is 8.92. The zero-order valence-electron chi connectivity index (χ0n) is 15.4. The summed E-state index contributed by atoms with van der Waals surface area (Å²) in [7, 11) is 1.68. The van der Waals surface area contributed by atoms with Crippen molar-refractivity contribution in [3.05, 3.63) is 0 Å². The molecule has 1 amide bonds. The fraction of sp³-hybridized carbons (Fsp3) is 0.889. The molecular formula is C18H31NO5. The van der Waals surface area contributed by atoms with Crippen molar-refractivity contribution in [2.75, 3.05) is 26.9 Å². The molecule has 6 heteroatoms. The Bertz CT molecular complexity index is 431. The van der Waals surface area contributed by atoms with E-state index < -0.39 is 5.60 Å². The van der Waals surface area contributed by atoms with Gasteiger partial charge in [-0.2, -0.15) is 0 Å². The molecule has 2 fully saturated rings. The van der Waals surface area contributed by atoms with Crippen LogP contribution in [0.2, 0.25) is 0 Å². The number of ketones is 1. The third-order valence-electron chi connectivity index (χ3n) is 4.60. The molecule has 2 aliphatic rings. The number of carbonyl (C=O) groups is 2. The van der Waals surface area contributed by atoms with Gasteiger partial charge in [-0.1, -0.05) is 0 Å². The lowest BCUT2D eigenvalue weighted by molar-refractivity contribution is -0.132. The van der Waals surface area contributed by atoms with E-state index in [1.165, 1.54) is 0 Å². The van der Waals surface area contributed by atoms with Gasteiger partial charge < -0.3 is 14.2 Å². The molecule has 0 radical (unpaired) electrons. The van der Waals surface area contributed by atoms with Crippen LogP contribution in [0.5, 0.6) is 0 Å². The summed E-state index contributed by atoms with van der Waals surface area (Å²) in [4.78, 5) is 26.8. The number of nitrogens with zero attached hydrogens (tertiary/aromatic N) is 1. The topological polar surface area (TPSA) is 65.1 Å². The van der Waals surface area contributed by atoms with E-state index in [1.807, 2.05) is 25.7 Å². The molecule has 0 aromatic carbocycles. The Kier molecular flexibility index (Phi) is 6.63. The van der Waals surface area contributed by atoms with Crippen LogP contribution in [-0.2, 0) is 19.0 Å². The molecule has 2 atom stereocenters. The highest BCUT2D eigenvalue weighted by atomic mass is 16.6. The second kappa shape index (κ2) is 8.30. The van der Waals surface area contributed by atoms with Gasteiger partial charge in [-0.3, -0.25) is 9.69 Å². The Morgan fingerprint density at radius 2 is 1.75 bits per heavy atom. The molecule has 2 bridgehead atoms. The zero-order chi connectivity index (χ0) is 17.7. The first kappa shape index (κ1) is 19.2. The van der Waals surface area contributed by atoms with E-state index in [2.05, 4.69) is 0 Å². The summed E-state index contributed by atoms with van der Waals surface area (Å²) in [6.07, 6.45) is 3.45. The lowest BCUT2D eigenvalue weighted by Crippen LogP contribution is -2.60. The van der Waals surface area contributed by atoms with Gasteiger partial charge in [0.25, 0.3) is 0 Å². The minimum atomic E-state index is -0.514. The SMILES string of the molecule is COCCCCC(=O)C1CC2COCC(C1)N2C(=O)OC(C)(C)C. The van der Waals surface area contributed by atoms with Gasteiger partial charge in [-0.15, -0.1) is 0 Å². The van der Waals surface area contributed by atoms with Crippen LogP contribution in [0.15, 0.2) is 0 Å². The van der Waals surface area contributed by atoms with Crippen molar-refractivity contribution in [3.8, 4) is 0 Å². The highest BCUT2D eigenvalue weighted by Crippen LogP contribution is 2.34. The smallest absolute Gasteiger partial charge is 0.410 e. The second-order valence-corrected chi connectivity index (χ2v) is 7.82. The number of carbonyl (C=O) groups excluding carboxylic acids is 2. The van der Waals surface area contributed by atoms with Gasteiger partial charge in [-0.05, 0) is 46.5 Å². The molecule has 138 valence electrons. The van der Waals surface area contributed by atoms with Crippen LogP contribution >= 0.6 is 0 Å². The predicted octanol–water partition coefficient (Wildman–Crippen LogP) is 2.79. The maximum Gasteiger partial charge on any atom is 0.410 e. The Morgan fingerprint density at radius 1 is 1.12 bits per heavy atom. The predicted molar refractivity (Wildman–Crippen MR) is 89.9 cm³/mol. The van der Waals surface area contributed by atoms with Crippen molar-refractivity contribution in [3.63, 3.8) is 0 Å². The first-order valence-corrected chi connectivity index (χ1v) is 8.92. The molecule has 0 spiro atoms. The number of methoxy groups -OCH3 is 1. The number of hydrogen-bond donors (Lipinski definition) is 0. The minimum Gasteiger partial charge on any atom is -0.444 e. The molecule has 0 aromatic heterocycles. The molecule has 0 aliphatic carbocycles. The average Bonchev–Trinajstić information content (AvgIpc) is 2.48. The number of rotatable bonds is 6. The highest BCUT2D eigenvalue weighted by Gasteiger charge is 2.44. The van der Waals surface area contributed by atoms with Crippen molar-refractivity contribution in [1.82, 2.24) is 4.90 Å². The number of fused-ring (bicyclic) bond motifs is 2. The van der Waals surface area contributed by atoms with Gasteiger partial charge in [0.05, 0.1) is 25.3 Å². The van der Waals surface area contributed by atoms with Gasteiger partial charge in [0, 0.05) is 26.1 Å². The van der Waals surface area contributed by atoms with Gasteiger partial charge in [-0.25, -0.2) is 4.79 Å². The van der Waals surface area contributed by atoms with Gasteiger partial charge in [0.2, 0.25) is 0 Å². The molecule has 2 saturated heterocycles. The Morgan fingerprint density at radius 3 is 2.29 bits per heavy atom. The summed E-state index contributed by atoms with van der Waals surface area (Å²) in [5, 5.41) is 0. The van der Waals surface area contributed by atoms with Crippen LogP contribution in [0.25, 0.3) is 0 Å². The number of unbranched alkanes of at least 4 members (excludes halogenated alkanes) is 1. The van der Waals surface area contributed by atoms with Crippen molar-refractivity contribution >= 4 is 11.9 Å². The number of hydrogen-bond acceptors (Lipinski definition) is 5. The third kappa shape index (κ3) is 5.18. The van der Waals surface area contributed by atoms with Gasteiger partial charge in [0.15, 0.2) is 0 Å². The molecular weight excluding hydrogens is 310 g/mol. The summed E-state index contributed by atoms with van der Waals surface area (Å²) in [6.45, 7) is 7.28. The van der Waals surface area contributed by atoms with Crippen LogP contribution in [0.3, 0.4) is 0 Å². The lowest BCUT2D eigenvalue weighted by atomic mass is 9.81. The molecule has 2 unspecified atom stereocenters. The van der Waals surface area contributed by atoms with Crippen molar-refractivity contribution < 1.29 is 23.8 Å². The number of morpholine rings is 1. The van der Waals surface area contributed by atoms with Gasteiger partial charge in [0.1, 0.15) is 11.4 Å². The van der Waals surface area contributed by atoms with Crippen LogP contribution in [0, 0.1) is 5.92 Å². The summed E-state index contributed by atoms with van der Waals surface area (Å²) < 4.78 is 16.2. The van der Waals surface area contributed by atoms with E-state index >= 15 is 0 Å². The zero-order valence-corrected chi connectivity index (χ0v) is 15.4. The van der Waals surface area contributed by atoms with E-state index in [0.29, 0.717) is 44.9 Å². The fourth-order valence-corrected chi connectivity index (χ4v) is 3.54. The summed E-state index contributed by atoms with van der Waals surface area (Å²) in [5.74, 6) is 0.344. The van der Waals surface area contributed by atoms with E-state index in [0.717, 1.165) is 12.8 Å². The largest absolute Gasteiger partial charge is 0.444 e. The molecule has 6 nitrogen and oxygen atoms in total. The van der Waals surface area contributed by atoms with Crippen molar-refractivity contribution in [2.45, 2.75) is 70.6 Å². The summed E-state index contributed by atoms with van der Waals surface area (Å²) in [5.41, 5.74) is -0.514. The van der Waals surface area contributed by atoms with Crippen molar-refractivity contribution in [1.29, 1.82) is 0 Å². The Hall–Kier alpha value is -1.14. The average molecular weight is 341 g/mol. The molecule has 0 N–H and O–H groups in total. The maximum absolute atomic E-state index is 12.5. The van der Waals surface area contributed by atoms with E-state index in [4.69, 9.17) is 14.2 Å². The van der Waals surface area contributed by atoms with E-state index in [-0.39, 0.29) is 24.1 Å². The maximum atomic E-state index is 12.5. The van der Waals surface area contributed by atoms with Crippen LogP contribution in [-0.4, -0.2) is 61.4 Å². The van der Waals surface area contributed by atoms with Gasteiger partial charge >= 0.3 is 6.09 Å². The molecule has 24 heavy (non-hydrogen) atoms. The molecule has 2 heterocycles. The molecule has 0 aromatic rings. The number of Topliss-reactive ketones (excluding diaryl/α,β-unsaturated/α-hetero) is 1. The fourth-order valence-electron chi connectivity index (χ4n) is 3.54. The number of ether oxygens (including phenoxy) is 3. The number of amides is 1. The summed E-state index contributed by atoms with van der Waals surface area (Å²) >= 11 is 0. The van der Waals surface area contributed by atoms with Crippen molar-refractivity contribution in [2.24, 2.45) is 5.92 Å². The summed E-state index contributed by atoms with van der Waals surface area (Å²) in [6, 6.07) is -0.111. The standard InChI is InChI=1S/C18H31NO5/c1-18(2,3)24-17(21)19-14-9-13(10-15(19)12-23-11-14)16(20)7-5-6-8-22-4/h13-15H,5-12H2,1-4H3. The van der Waals surface area contributed by atoms with E-state index in [9.17, 15) is 9.59 Å². The Labute approximate surface area is 144 Å². The first-order chi connectivity index (χ1) is 11.3. The highest BCUT2D eigenvalue weighted by molar-refractivity contribution is 5.81. The monoisotopic (exact) mass is 341 g/mol. The second-order valence-electron chi connectivity index (χ2n) is 7.82. The van der Waals surface area contributed by atoms with Crippen LogP contribution in [0.4, 0.5) is 4.79 Å². The normalized spacial score (nSPS) is 27.0. The quantitative estimate of drug-likeness (QED) is 0.695. The van der Waals surface area contributed by atoms with Crippen LogP contribution < -0.4 is 0 Å². The van der Waals surface area contributed by atoms with E-state index in [1.54, 1.807) is 7.11 Å². The number of piperidine rings is 1. The lowest BCUT2D eigenvalue weighted by Gasteiger charge is -2.47. The van der Waals surface area contributed by atoms with Crippen LogP contribution in [0.1, 0.15) is 52.9 Å². The Balaban J connectivity index is 1.92. The third-order valence-corrected chi connectivity index (χ3v) is 4.60. The molecule has 2 aliphatic heterocycles.